The molecule has 4 nitrogen and oxygen atoms in total. The largest absolute Gasteiger partial charge is 0.238 e. The van der Waals surface area contributed by atoms with Crippen molar-refractivity contribution in [2.75, 3.05) is 0 Å². The van der Waals surface area contributed by atoms with Crippen LogP contribution in [0.1, 0.15) is 38.9 Å². The molecule has 0 spiro atoms. The first kappa shape index (κ1) is 23.8. The zero-order valence-electron chi connectivity index (χ0n) is 20.9. The summed E-state index contributed by atoms with van der Waals surface area (Å²) in [6, 6.07) is 32.2. The van der Waals surface area contributed by atoms with E-state index in [-0.39, 0.29) is 0 Å². The first-order valence-corrected chi connectivity index (χ1v) is 12.2. The van der Waals surface area contributed by atoms with Gasteiger partial charge in [-0.15, -0.1) is 0 Å². The van der Waals surface area contributed by atoms with Crippen molar-refractivity contribution in [3.05, 3.63) is 135 Å². The van der Waals surface area contributed by atoms with Gasteiger partial charge in [0.25, 0.3) is 0 Å². The predicted octanol–water partition coefficient (Wildman–Crippen LogP) is 7.55. The fourth-order valence-corrected chi connectivity index (χ4v) is 4.91. The molecule has 6 aromatic carbocycles. The van der Waals surface area contributed by atoms with Crippen LogP contribution in [0.3, 0.4) is 0 Å². The summed E-state index contributed by atoms with van der Waals surface area (Å²) in [5.74, 6) is 12.8. The Balaban J connectivity index is 1.61. The Kier molecular flexibility index (Phi) is 5.79. The Morgan fingerprint density at radius 3 is 1.25 bits per heavy atom. The highest BCUT2D eigenvalue weighted by molar-refractivity contribution is 6.26. The quantitative estimate of drug-likeness (QED) is 0.122. The van der Waals surface area contributed by atoms with Crippen LogP contribution in [0.15, 0.2) is 84.9 Å². The number of hydrogen-bond donors (Lipinski definition) is 0. The molecular formula is C36H14N4. The number of rotatable bonds is 0. The van der Waals surface area contributed by atoms with Crippen molar-refractivity contribution in [2.24, 2.45) is 0 Å². The van der Waals surface area contributed by atoms with Crippen LogP contribution >= 0.6 is 0 Å². The van der Waals surface area contributed by atoms with E-state index in [0.717, 1.165) is 43.4 Å². The highest BCUT2D eigenvalue weighted by atomic mass is 14.6. The van der Waals surface area contributed by atoms with E-state index in [1.54, 1.807) is 60.7 Å². The highest BCUT2D eigenvalue weighted by Crippen LogP contribution is 2.40. The summed E-state index contributed by atoms with van der Waals surface area (Å²) in [5.41, 5.74) is 5.06. The minimum absolute atomic E-state index is 0.501. The molecule has 0 aliphatic carbocycles. The van der Waals surface area contributed by atoms with Crippen molar-refractivity contribution in [2.45, 2.75) is 0 Å². The molecule has 0 N–H and O–H groups in total. The van der Waals surface area contributed by atoms with Gasteiger partial charge in [-0.1, -0.05) is 72.2 Å². The maximum absolute atomic E-state index is 10.0. The van der Waals surface area contributed by atoms with Gasteiger partial charge >= 0.3 is 0 Å². The van der Waals surface area contributed by atoms with Crippen molar-refractivity contribution in [1.29, 1.82) is 15.8 Å². The van der Waals surface area contributed by atoms with Gasteiger partial charge in [0, 0.05) is 33.0 Å². The van der Waals surface area contributed by atoms with Crippen LogP contribution in [0.5, 0.6) is 0 Å². The maximum Gasteiger partial charge on any atom is 0.187 e. The average Bonchev–Trinajstić information content (AvgIpc) is 3.02. The third kappa shape index (κ3) is 3.99. The second-order valence-corrected chi connectivity index (χ2v) is 9.09. The third-order valence-corrected chi connectivity index (χ3v) is 6.83. The standard InChI is InChI=1S/C36H14N4/c1-40-30-12-8-24(9-13-30)7-11-27-19-29(22-39)34-17-16-33-28(21-38)18-26(31-14-15-32(27)36(34)35(31)33)10-6-23-2-4-25(20-37)5-3-23/h2-5,8-9,12-19H. The molecule has 6 rings (SSSR count). The normalized spacial score (nSPS) is 10.0. The second kappa shape index (κ2) is 9.72. The summed E-state index contributed by atoms with van der Waals surface area (Å²) < 4.78 is 0. The van der Waals surface area contributed by atoms with Gasteiger partial charge in [0.2, 0.25) is 0 Å². The summed E-state index contributed by atoms with van der Waals surface area (Å²) in [6.45, 7) is 7.14. The summed E-state index contributed by atoms with van der Waals surface area (Å²) in [4.78, 5) is 3.42. The molecule has 0 saturated carbocycles. The molecule has 0 amide bonds. The number of nitrogens with zero attached hydrogens (tertiary/aromatic N) is 4. The average molecular weight is 503 g/mol. The van der Waals surface area contributed by atoms with E-state index in [1.165, 1.54) is 0 Å². The van der Waals surface area contributed by atoms with Gasteiger partial charge in [-0.2, -0.15) is 15.8 Å². The first-order chi connectivity index (χ1) is 19.6. The van der Waals surface area contributed by atoms with Crippen molar-refractivity contribution in [1.82, 2.24) is 0 Å². The molecule has 0 aromatic heterocycles. The Morgan fingerprint density at radius 2 is 0.850 bits per heavy atom. The predicted molar refractivity (Wildman–Crippen MR) is 155 cm³/mol. The molecule has 0 unspecified atom stereocenters. The van der Waals surface area contributed by atoms with Gasteiger partial charge < -0.3 is 0 Å². The molecule has 0 saturated heterocycles. The van der Waals surface area contributed by atoms with Gasteiger partial charge in [-0.05, 0) is 57.9 Å². The molecule has 4 heteroatoms. The molecule has 0 bridgehead atoms. The molecule has 0 radical (unpaired) electrons. The lowest BCUT2D eigenvalue weighted by Crippen LogP contribution is -1.94. The van der Waals surface area contributed by atoms with E-state index < -0.39 is 0 Å². The zero-order chi connectivity index (χ0) is 27.6. The van der Waals surface area contributed by atoms with Crippen LogP contribution in [-0.2, 0) is 0 Å². The van der Waals surface area contributed by atoms with Gasteiger partial charge in [0.1, 0.15) is 0 Å². The summed E-state index contributed by atoms with van der Waals surface area (Å²) >= 11 is 0. The van der Waals surface area contributed by atoms with Crippen molar-refractivity contribution >= 4 is 38.0 Å². The van der Waals surface area contributed by atoms with Gasteiger partial charge in [0.15, 0.2) is 5.69 Å². The van der Waals surface area contributed by atoms with Crippen LogP contribution < -0.4 is 0 Å². The second-order valence-electron chi connectivity index (χ2n) is 9.09. The van der Waals surface area contributed by atoms with Crippen LogP contribution in [0, 0.1) is 64.2 Å². The molecule has 0 aliphatic heterocycles. The highest BCUT2D eigenvalue weighted by Gasteiger charge is 2.17. The van der Waals surface area contributed by atoms with Gasteiger partial charge in [0.05, 0.1) is 41.5 Å². The molecule has 0 fully saturated rings. The van der Waals surface area contributed by atoms with E-state index >= 15 is 0 Å². The number of hydrogen-bond acceptors (Lipinski definition) is 3. The Bertz CT molecular complexity index is 2130. The maximum atomic E-state index is 10.0. The minimum Gasteiger partial charge on any atom is -0.238 e. The smallest absolute Gasteiger partial charge is 0.187 e. The first-order valence-electron chi connectivity index (χ1n) is 12.2. The van der Waals surface area contributed by atoms with Crippen LogP contribution in [-0.4, -0.2) is 0 Å². The number of nitriles is 3. The topological polar surface area (TPSA) is 75.7 Å². The van der Waals surface area contributed by atoms with Gasteiger partial charge in [-0.3, -0.25) is 0 Å². The van der Waals surface area contributed by atoms with E-state index in [2.05, 4.69) is 46.7 Å². The molecule has 6 aromatic rings. The summed E-state index contributed by atoms with van der Waals surface area (Å²) in [6.07, 6.45) is 0. The van der Waals surface area contributed by atoms with E-state index in [1.807, 2.05) is 24.3 Å². The molecule has 40 heavy (non-hydrogen) atoms. The summed E-state index contributed by atoms with van der Waals surface area (Å²) in [5, 5.41) is 34.2. The Morgan fingerprint density at radius 1 is 0.450 bits per heavy atom. The van der Waals surface area contributed by atoms with E-state index in [9.17, 15) is 10.5 Å². The van der Waals surface area contributed by atoms with Crippen molar-refractivity contribution in [3.8, 4) is 41.9 Å². The van der Waals surface area contributed by atoms with Crippen LogP contribution in [0.4, 0.5) is 5.69 Å². The fourth-order valence-electron chi connectivity index (χ4n) is 4.91. The van der Waals surface area contributed by atoms with Crippen LogP contribution in [0.25, 0.3) is 37.2 Å². The molecule has 0 aliphatic rings. The molecule has 0 atom stereocenters. The molecule has 178 valence electrons. The lowest BCUT2D eigenvalue weighted by atomic mass is 9.86. The lowest BCUT2D eigenvalue weighted by Gasteiger charge is -2.15. The summed E-state index contributed by atoms with van der Waals surface area (Å²) in [7, 11) is 0. The zero-order valence-corrected chi connectivity index (χ0v) is 20.9. The molecular weight excluding hydrogens is 488 g/mol. The van der Waals surface area contributed by atoms with Crippen LogP contribution in [0.2, 0.25) is 0 Å². The fraction of sp³-hybridized carbons (Fsp3) is 0. The monoisotopic (exact) mass is 502 g/mol. The lowest BCUT2D eigenvalue weighted by molar-refractivity contribution is 1.48. The SMILES string of the molecule is [C-]#[N+]c1ccc(C#Cc2cc(C#N)c3ccc4c(C#N)cc(C#Cc5ccc(C#N)cc5)c5ccc2c3c45)cc1. The molecule has 0 heterocycles. The van der Waals surface area contributed by atoms with E-state index in [0.29, 0.717) is 33.5 Å². The third-order valence-electron chi connectivity index (χ3n) is 6.83. The van der Waals surface area contributed by atoms with Crippen molar-refractivity contribution < 1.29 is 0 Å². The van der Waals surface area contributed by atoms with Gasteiger partial charge in [-0.25, -0.2) is 4.85 Å². The number of benzene rings is 6. The van der Waals surface area contributed by atoms with Crippen molar-refractivity contribution in [3.63, 3.8) is 0 Å². The minimum atomic E-state index is 0.501. The Labute approximate surface area is 230 Å². The van der Waals surface area contributed by atoms with E-state index in [4.69, 9.17) is 11.8 Å². The Hall–Kier alpha value is -6.56.